The fourth-order valence-corrected chi connectivity index (χ4v) is 1.82. The third-order valence-electron chi connectivity index (χ3n) is 2.67. The van der Waals surface area contributed by atoms with Crippen LogP contribution >= 0.6 is 0 Å². The Bertz CT molecular complexity index is 462. The molecule has 0 radical (unpaired) electrons. The van der Waals surface area contributed by atoms with Crippen LogP contribution in [-0.2, 0) is 13.0 Å². The highest BCUT2D eigenvalue weighted by atomic mass is 16.2. The number of hydrogen-bond donors (Lipinski definition) is 1. The number of aliphatic hydroxyl groups excluding tert-OH is 1. The van der Waals surface area contributed by atoms with E-state index in [1.807, 2.05) is 29.2 Å². The highest BCUT2D eigenvalue weighted by Crippen LogP contribution is 2.23. The number of nitrogens with zero attached hydrogens (tertiary/aromatic N) is 2. The third-order valence-corrected chi connectivity index (χ3v) is 2.67. The van der Waals surface area contributed by atoms with Crippen LogP contribution in [0.3, 0.4) is 0 Å². The first-order valence-corrected chi connectivity index (χ1v) is 5.56. The molecule has 0 atom stereocenters. The Morgan fingerprint density at radius 2 is 2.12 bits per heavy atom. The zero-order chi connectivity index (χ0) is 11.4. The Kier molecular flexibility index (Phi) is 3.37. The molecule has 3 nitrogen and oxygen atoms in total. The van der Waals surface area contributed by atoms with Gasteiger partial charge in [-0.3, -0.25) is 4.68 Å². The van der Waals surface area contributed by atoms with Crippen LogP contribution in [-0.4, -0.2) is 21.5 Å². The molecule has 2 rings (SSSR count). The van der Waals surface area contributed by atoms with Crippen molar-refractivity contribution in [2.45, 2.75) is 19.9 Å². The van der Waals surface area contributed by atoms with Crippen molar-refractivity contribution in [2.24, 2.45) is 0 Å². The van der Waals surface area contributed by atoms with Crippen molar-refractivity contribution in [3.63, 3.8) is 0 Å². The first-order valence-electron chi connectivity index (χ1n) is 5.56. The second-order valence-electron chi connectivity index (χ2n) is 3.72. The molecule has 1 aromatic carbocycles. The fourth-order valence-electron chi connectivity index (χ4n) is 1.82. The number of aliphatic hydroxyl groups is 1. The monoisotopic (exact) mass is 216 g/mol. The molecule has 0 bridgehead atoms. The summed E-state index contributed by atoms with van der Waals surface area (Å²) in [5, 5.41) is 13.3. The quantitative estimate of drug-likeness (QED) is 0.850. The molecule has 0 fully saturated rings. The number of aryl methyl sites for hydroxylation is 1. The summed E-state index contributed by atoms with van der Waals surface area (Å²) in [5.74, 6) is 0. The number of rotatable bonds is 4. The first kappa shape index (κ1) is 10.9. The van der Waals surface area contributed by atoms with E-state index in [1.165, 1.54) is 5.56 Å². The van der Waals surface area contributed by atoms with E-state index in [2.05, 4.69) is 24.2 Å². The summed E-state index contributed by atoms with van der Waals surface area (Å²) in [4.78, 5) is 0. The van der Waals surface area contributed by atoms with Gasteiger partial charge in [-0.2, -0.15) is 5.10 Å². The van der Waals surface area contributed by atoms with Gasteiger partial charge in [-0.15, -0.1) is 0 Å². The average molecular weight is 216 g/mol. The van der Waals surface area contributed by atoms with E-state index >= 15 is 0 Å². The molecule has 1 aromatic heterocycles. The minimum atomic E-state index is 0.179. The number of aromatic nitrogens is 2. The first-order chi connectivity index (χ1) is 7.85. The second kappa shape index (κ2) is 4.94. The van der Waals surface area contributed by atoms with Gasteiger partial charge in [0.25, 0.3) is 0 Å². The summed E-state index contributed by atoms with van der Waals surface area (Å²) in [6.45, 7) is 3.12. The van der Waals surface area contributed by atoms with Crippen LogP contribution in [0.5, 0.6) is 0 Å². The van der Waals surface area contributed by atoms with E-state index in [4.69, 9.17) is 5.11 Å². The van der Waals surface area contributed by atoms with E-state index in [1.54, 1.807) is 0 Å². The van der Waals surface area contributed by atoms with E-state index in [0.717, 1.165) is 17.7 Å². The van der Waals surface area contributed by atoms with Gasteiger partial charge < -0.3 is 5.11 Å². The Balaban J connectivity index is 2.38. The summed E-state index contributed by atoms with van der Waals surface area (Å²) >= 11 is 0. The van der Waals surface area contributed by atoms with Gasteiger partial charge in [0.1, 0.15) is 0 Å². The highest BCUT2D eigenvalue weighted by Gasteiger charge is 2.05. The van der Waals surface area contributed by atoms with Crippen molar-refractivity contribution < 1.29 is 5.11 Å². The summed E-state index contributed by atoms with van der Waals surface area (Å²) in [6, 6.07) is 8.13. The Labute approximate surface area is 95.3 Å². The molecule has 84 valence electrons. The van der Waals surface area contributed by atoms with Crippen LogP contribution in [0.4, 0.5) is 0 Å². The Hall–Kier alpha value is -1.61. The van der Waals surface area contributed by atoms with Crippen molar-refractivity contribution in [1.29, 1.82) is 0 Å². The second-order valence-corrected chi connectivity index (χ2v) is 3.72. The largest absolute Gasteiger partial charge is 0.396 e. The zero-order valence-electron chi connectivity index (χ0n) is 9.43. The maximum absolute atomic E-state index is 9.02. The number of benzene rings is 1. The van der Waals surface area contributed by atoms with Gasteiger partial charge in [0.2, 0.25) is 0 Å². The van der Waals surface area contributed by atoms with E-state index in [0.29, 0.717) is 6.42 Å². The highest BCUT2D eigenvalue weighted by molar-refractivity contribution is 5.65. The zero-order valence-corrected chi connectivity index (χ0v) is 9.43. The van der Waals surface area contributed by atoms with Crippen molar-refractivity contribution >= 4 is 0 Å². The average Bonchev–Trinajstić information content (AvgIpc) is 2.79. The third kappa shape index (κ3) is 2.14. The summed E-state index contributed by atoms with van der Waals surface area (Å²) in [5.41, 5.74) is 3.45. The molecular formula is C13H16N2O. The van der Waals surface area contributed by atoms with Gasteiger partial charge in [-0.05, 0) is 24.5 Å². The molecule has 0 unspecified atom stereocenters. The lowest BCUT2D eigenvalue weighted by molar-refractivity contribution is 0.300. The van der Waals surface area contributed by atoms with Crippen molar-refractivity contribution in [3.8, 4) is 11.1 Å². The molecule has 1 heterocycles. The van der Waals surface area contributed by atoms with Crippen LogP contribution in [0.25, 0.3) is 11.1 Å². The van der Waals surface area contributed by atoms with Gasteiger partial charge >= 0.3 is 0 Å². The molecule has 0 saturated carbocycles. The molecule has 3 heteroatoms. The molecule has 1 N–H and O–H groups in total. The Morgan fingerprint density at radius 1 is 1.31 bits per heavy atom. The molecule has 0 aliphatic heterocycles. The molecule has 0 spiro atoms. The lowest BCUT2D eigenvalue weighted by atomic mass is 10.0. The predicted octanol–water partition coefficient (Wildman–Crippen LogP) is 2.10. The van der Waals surface area contributed by atoms with E-state index in [9.17, 15) is 0 Å². The van der Waals surface area contributed by atoms with Crippen LogP contribution in [0.1, 0.15) is 12.5 Å². The number of hydrogen-bond acceptors (Lipinski definition) is 2. The Morgan fingerprint density at radius 3 is 2.81 bits per heavy atom. The van der Waals surface area contributed by atoms with Crippen LogP contribution in [0.2, 0.25) is 0 Å². The van der Waals surface area contributed by atoms with Crippen LogP contribution in [0, 0.1) is 0 Å². The molecule has 2 aromatic rings. The van der Waals surface area contributed by atoms with E-state index in [-0.39, 0.29) is 6.61 Å². The van der Waals surface area contributed by atoms with Crippen molar-refractivity contribution in [1.82, 2.24) is 9.78 Å². The lowest BCUT2D eigenvalue weighted by Gasteiger charge is -2.05. The van der Waals surface area contributed by atoms with Gasteiger partial charge in [0.05, 0.1) is 6.20 Å². The smallest absolute Gasteiger partial charge is 0.0568 e. The predicted molar refractivity (Wildman–Crippen MR) is 64.1 cm³/mol. The standard InChI is InChI=1S/C13H16N2O/c1-2-15-10-12(9-14-15)13-6-4-3-5-11(13)7-8-16/h3-6,9-10,16H,2,7-8H2,1H3. The SMILES string of the molecule is CCn1cc(-c2ccccc2CCO)cn1. The molecule has 0 amide bonds. The maximum atomic E-state index is 9.02. The van der Waals surface area contributed by atoms with Gasteiger partial charge in [-0.1, -0.05) is 24.3 Å². The summed E-state index contributed by atoms with van der Waals surface area (Å²) in [6.07, 6.45) is 4.60. The van der Waals surface area contributed by atoms with Crippen LogP contribution in [0.15, 0.2) is 36.7 Å². The summed E-state index contributed by atoms with van der Waals surface area (Å²) in [7, 11) is 0. The van der Waals surface area contributed by atoms with Crippen molar-refractivity contribution in [2.75, 3.05) is 6.61 Å². The minimum absolute atomic E-state index is 0.179. The molecule has 16 heavy (non-hydrogen) atoms. The van der Waals surface area contributed by atoms with Crippen molar-refractivity contribution in [3.05, 3.63) is 42.2 Å². The molecule has 0 aliphatic carbocycles. The topological polar surface area (TPSA) is 38.0 Å². The molecular weight excluding hydrogens is 200 g/mol. The normalized spacial score (nSPS) is 10.6. The van der Waals surface area contributed by atoms with E-state index < -0.39 is 0 Å². The summed E-state index contributed by atoms with van der Waals surface area (Å²) < 4.78 is 1.91. The van der Waals surface area contributed by atoms with Gasteiger partial charge in [0.15, 0.2) is 0 Å². The molecule has 0 saturated heterocycles. The maximum Gasteiger partial charge on any atom is 0.0568 e. The molecule has 0 aliphatic rings. The van der Waals surface area contributed by atoms with Gasteiger partial charge in [-0.25, -0.2) is 0 Å². The fraction of sp³-hybridized carbons (Fsp3) is 0.308. The van der Waals surface area contributed by atoms with Gasteiger partial charge in [0, 0.05) is 24.9 Å². The van der Waals surface area contributed by atoms with Crippen LogP contribution < -0.4 is 0 Å². The lowest BCUT2D eigenvalue weighted by Crippen LogP contribution is -1.94. The minimum Gasteiger partial charge on any atom is -0.396 e.